The third-order valence-corrected chi connectivity index (χ3v) is 6.41. The van der Waals surface area contributed by atoms with Gasteiger partial charge in [0.25, 0.3) is 11.5 Å². The lowest BCUT2D eigenvalue weighted by atomic mass is 10.0. The quantitative estimate of drug-likeness (QED) is 0.624. The summed E-state index contributed by atoms with van der Waals surface area (Å²) in [6.07, 6.45) is 5.14. The molecule has 1 aliphatic rings. The van der Waals surface area contributed by atoms with Crippen LogP contribution in [-0.2, 0) is 13.0 Å². The minimum Gasteiger partial charge on any atom is -0.496 e. The third-order valence-electron chi connectivity index (χ3n) is 6.41. The number of fused-ring (bicyclic) bond motifs is 2. The number of aryl methyl sites for hydroxylation is 1. The van der Waals surface area contributed by atoms with Crippen LogP contribution in [-0.4, -0.2) is 48.1 Å². The Morgan fingerprint density at radius 2 is 1.94 bits per heavy atom. The number of hydrogen-bond donors (Lipinski definition) is 1. The van der Waals surface area contributed by atoms with Crippen LogP contribution >= 0.6 is 0 Å². The van der Waals surface area contributed by atoms with E-state index in [9.17, 15) is 9.59 Å². The fourth-order valence-electron chi connectivity index (χ4n) is 4.54. The highest BCUT2D eigenvalue weighted by Crippen LogP contribution is 2.27. The van der Waals surface area contributed by atoms with E-state index in [1.165, 1.54) is 0 Å². The first kappa shape index (κ1) is 23.0. The monoisotopic (exact) mass is 448 g/mol. The molecule has 0 saturated carbocycles. The van der Waals surface area contributed by atoms with Crippen molar-refractivity contribution in [2.24, 2.45) is 0 Å². The zero-order valence-corrected chi connectivity index (χ0v) is 19.6. The van der Waals surface area contributed by atoms with Gasteiger partial charge >= 0.3 is 0 Å². The number of hydrogen-bond acceptors (Lipinski definition) is 5. The van der Waals surface area contributed by atoms with Crippen LogP contribution in [0.15, 0.2) is 47.3 Å². The molecule has 0 aliphatic carbocycles. The molecule has 0 bridgehead atoms. The Morgan fingerprint density at radius 1 is 1.15 bits per heavy atom. The molecule has 1 amide bonds. The number of methoxy groups -OCH3 is 1. The number of carbonyl (C=O) groups excluding carboxylic acids is 1. The Balaban J connectivity index is 1.57. The third kappa shape index (κ3) is 4.93. The lowest BCUT2D eigenvalue weighted by molar-refractivity contribution is 0.0941. The Labute approximate surface area is 194 Å². The van der Waals surface area contributed by atoms with Crippen LogP contribution in [0.4, 0.5) is 0 Å². The smallest absolute Gasteiger partial charge is 0.261 e. The predicted molar refractivity (Wildman–Crippen MR) is 130 cm³/mol. The Kier molecular flexibility index (Phi) is 7.08. The maximum atomic E-state index is 13.0. The Bertz CT molecular complexity index is 1200. The van der Waals surface area contributed by atoms with Crippen molar-refractivity contribution in [3.63, 3.8) is 0 Å². The fourth-order valence-corrected chi connectivity index (χ4v) is 4.54. The number of amides is 1. The summed E-state index contributed by atoms with van der Waals surface area (Å²) < 4.78 is 7.33. The molecule has 174 valence electrons. The average Bonchev–Trinajstić information content (AvgIpc) is 2.80. The van der Waals surface area contributed by atoms with Gasteiger partial charge in [-0.25, -0.2) is 4.98 Å². The van der Waals surface area contributed by atoms with Gasteiger partial charge in [0.15, 0.2) is 0 Å². The van der Waals surface area contributed by atoms with E-state index in [-0.39, 0.29) is 17.5 Å². The van der Waals surface area contributed by atoms with Crippen LogP contribution in [0.5, 0.6) is 5.75 Å². The zero-order chi connectivity index (χ0) is 23.4. The van der Waals surface area contributed by atoms with Crippen molar-refractivity contribution in [1.82, 2.24) is 19.8 Å². The van der Waals surface area contributed by atoms with E-state index in [4.69, 9.17) is 9.72 Å². The summed E-state index contributed by atoms with van der Waals surface area (Å²) in [5.41, 5.74) is 2.10. The lowest BCUT2D eigenvalue weighted by Gasteiger charge is -2.26. The van der Waals surface area contributed by atoms with Gasteiger partial charge < -0.3 is 15.0 Å². The molecule has 0 unspecified atom stereocenters. The van der Waals surface area contributed by atoms with Gasteiger partial charge in [0.2, 0.25) is 0 Å². The SMILES string of the molecule is COc1ccccc1[C@@H](CNC(=O)c1ccc2c(=O)n3c(nc2c1)CCCCCC3)N(C)C. The number of ether oxygens (including phenoxy) is 1. The van der Waals surface area contributed by atoms with E-state index in [2.05, 4.69) is 10.2 Å². The minimum absolute atomic E-state index is 0.00676. The molecule has 1 aliphatic heterocycles. The van der Waals surface area contributed by atoms with Crippen LogP contribution < -0.4 is 15.6 Å². The molecule has 3 aromatic rings. The van der Waals surface area contributed by atoms with E-state index >= 15 is 0 Å². The number of para-hydroxylation sites is 1. The summed E-state index contributed by atoms with van der Waals surface area (Å²) in [4.78, 5) is 32.9. The second-order valence-corrected chi connectivity index (χ2v) is 8.81. The summed E-state index contributed by atoms with van der Waals surface area (Å²) in [5, 5.41) is 3.61. The number of aromatic nitrogens is 2. The topological polar surface area (TPSA) is 76.5 Å². The summed E-state index contributed by atoms with van der Waals surface area (Å²) in [5.74, 6) is 1.43. The van der Waals surface area contributed by atoms with Crippen LogP contribution in [0.2, 0.25) is 0 Å². The minimum atomic E-state index is -0.188. The van der Waals surface area contributed by atoms with Crippen molar-refractivity contribution < 1.29 is 9.53 Å². The molecule has 7 heteroatoms. The zero-order valence-electron chi connectivity index (χ0n) is 19.6. The predicted octanol–water partition coefficient (Wildman–Crippen LogP) is 3.55. The highest BCUT2D eigenvalue weighted by molar-refractivity contribution is 5.97. The molecule has 0 spiro atoms. The van der Waals surface area contributed by atoms with Crippen molar-refractivity contribution >= 4 is 16.8 Å². The van der Waals surface area contributed by atoms with Gasteiger partial charge in [-0.3, -0.25) is 14.2 Å². The second kappa shape index (κ2) is 10.2. The summed E-state index contributed by atoms with van der Waals surface area (Å²) in [6.45, 7) is 1.14. The van der Waals surface area contributed by atoms with E-state index in [0.717, 1.165) is 49.2 Å². The van der Waals surface area contributed by atoms with Crippen LogP contribution in [0.25, 0.3) is 10.9 Å². The molecule has 2 aromatic carbocycles. The van der Waals surface area contributed by atoms with Crippen LogP contribution in [0.1, 0.15) is 53.5 Å². The number of rotatable bonds is 6. The first-order chi connectivity index (χ1) is 16.0. The second-order valence-electron chi connectivity index (χ2n) is 8.81. The molecule has 1 N–H and O–H groups in total. The molecule has 7 nitrogen and oxygen atoms in total. The molecule has 4 rings (SSSR count). The Hall–Kier alpha value is -3.19. The molecule has 0 radical (unpaired) electrons. The van der Waals surface area contributed by atoms with Crippen molar-refractivity contribution in [1.29, 1.82) is 0 Å². The molecule has 1 atom stereocenters. The van der Waals surface area contributed by atoms with Crippen molar-refractivity contribution in [2.75, 3.05) is 27.7 Å². The number of carbonyl (C=O) groups is 1. The van der Waals surface area contributed by atoms with E-state index in [1.54, 1.807) is 25.3 Å². The van der Waals surface area contributed by atoms with E-state index in [1.807, 2.05) is 42.9 Å². The molecule has 0 fully saturated rings. The van der Waals surface area contributed by atoms with Gasteiger partial charge in [-0.2, -0.15) is 0 Å². The normalized spacial score (nSPS) is 14.9. The van der Waals surface area contributed by atoms with Gasteiger partial charge in [-0.15, -0.1) is 0 Å². The largest absolute Gasteiger partial charge is 0.496 e. The number of nitrogens with zero attached hydrogens (tertiary/aromatic N) is 3. The summed E-state index contributed by atoms with van der Waals surface area (Å²) in [7, 11) is 5.60. The number of nitrogens with one attached hydrogen (secondary N) is 1. The molecular formula is C26H32N4O3. The highest BCUT2D eigenvalue weighted by atomic mass is 16.5. The van der Waals surface area contributed by atoms with Gasteiger partial charge in [-0.1, -0.05) is 31.0 Å². The number of benzene rings is 2. The molecule has 1 aromatic heterocycles. The average molecular weight is 449 g/mol. The van der Waals surface area contributed by atoms with E-state index < -0.39 is 0 Å². The molecule has 33 heavy (non-hydrogen) atoms. The van der Waals surface area contributed by atoms with Gasteiger partial charge in [0.05, 0.1) is 24.1 Å². The standard InChI is InChI=1S/C26H32N4O3/c1-29(2)22(20-10-7-8-11-23(20)33-3)17-27-25(31)18-13-14-19-21(16-18)28-24-12-6-4-5-9-15-30(24)26(19)32/h7-8,10-11,13-14,16,22H,4-6,9,12,15,17H2,1-3H3,(H,27,31)/t22-/m1/s1. The number of likely N-dealkylation sites (N-methyl/N-ethyl adjacent to an activating group) is 1. The summed E-state index contributed by atoms with van der Waals surface area (Å²) in [6, 6.07) is 13.0. The lowest BCUT2D eigenvalue weighted by Crippen LogP contribution is -2.34. The Morgan fingerprint density at radius 3 is 2.73 bits per heavy atom. The van der Waals surface area contributed by atoms with Crippen molar-refractivity contribution in [2.45, 2.75) is 44.7 Å². The highest BCUT2D eigenvalue weighted by Gasteiger charge is 2.20. The van der Waals surface area contributed by atoms with Gasteiger partial charge in [0, 0.05) is 30.6 Å². The summed E-state index contributed by atoms with van der Waals surface area (Å²) >= 11 is 0. The molecule has 0 saturated heterocycles. The molecular weight excluding hydrogens is 416 g/mol. The maximum Gasteiger partial charge on any atom is 0.261 e. The van der Waals surface area contributed by atoms with Crippen LogP contribution in [0.3, 0.4) is 0 Å². The van der Waals surface area contributed by atoms with Crippen molar-refractivity contribution in [3.8, 4) is 5.75 Å². The maximum absolute atomic E-state index is 13.0. The van der Waals surface area contributed by atoms with Gasteiger partial charge in [0.1, 0.15) is 11.6 Å². The fraction of sp³-hybridized carbons (Fsp3) is 0.423. The van der Waals surface area contributed by atoms with Gasteiger partial charge in [-0.05, 0) is 51.2 Å². The van der Waals surface area contributed by atoms with Crippen molar-refractivity contribution in [3.05, 3.63) is 69.8 Å². The van der Waals surface area contributed by atoms with Crippen LogP contribution in [0, 0.1) is 0 Å². The molecule has 2 heterocycles. The first-order valence-electron chi connectivity index (χ1n) is 11.6. The first-order valence-corrected chi connectivity index (χ1v) is 11.6. The van der Waals surface area contributed by atoms with E-state index in [0.29, 0.717) is 29.6 Å².